The van der Waals surface area contributed by atoms with Crippen LogP contribution in [0.25, 0.3) is 0 Å². The number of halogens is 1. The van der Waals surface area contributed by atoms with Crippen molar-refractivity contribution in [3.63, 3.8) is 0 Å². The topological polar surface area (TPSA) is 50.9 Å². The number of aromatic nitrogens is 1. The molecule has 0 spiro atoms. The fraction of sp³-hybridized carbons (Fsp3) is 0.643. The fourth-order valence-electron chi connectivity index (χ4n) is 3.00. The number of hydrazine groups is 1. The highest BCUT2D eigenvalue weighted by atomic mass is 35.5. The summed E-state index contributed by atoms with van der Waals surface area (Å²) in [5.74, 6) is 5.78. The number of nitrogens with two attached hydrogens (primary N) is 1. The third kappa shape index (κ3) is 3.02. The number of rotatable bonds is 4. The van der Waals surface area contributed by atoms with Crippen molar-refractivity contribution in [3.8, 4) is 0 Å². The lowest BCUT2D eigenvalue weighted by atomic mass is 9.69. The standard InChI is InChI=1S/C14H22ClN3/c1-14(6-3-2-4-7-14)13(18-16)9-11-5-8-17-10-12(11)15/h5,8,10,13,18H,2-4,6-7,9,16H2,1H3. The van der Waals surface area contributed by atoms with E-state index in [1.807, 2.05) is 6.07 Å². The Hall–Kier alpha value is -0.640. The molecule has 100 valence electrons. The summed E-state index contributed by atoms with van der Waals surface area (Å²) in [7, 11) is 0. The molecule has 1 heterocycles. The van der Waals surface area contributed by atoms with E-state index >= 15 is 0 Å². The fourth-order valence-corrected chi connectivity index (χ4v) is 3.20. The lowest BCUT2D eigenvalue weighted by Gasteiger charge is -2.40. The van der Waals surface area contributed by atoms with Crippen LogP contribution in [-0.4, -0.2) is 11.0 Å². The Kier molecular flexibility index (Phi) is 4.60. The first-order valence-electron chi connectivity index (χ1n) is 6.70. The predicted octanol–water partition coefficient (Wildman–Crippen LogP) is 3.08. The zero-order valence-corrected chi connectivity index (χ0v) is 11.7. The van der Waals surface area contributed by atoms with E-state index in [9.17, 15) is 0 Å². The lowest BCUT2D eigenvalue weighted by Crippen LogP contribution is -2.49. The van der Waals surface area contributed by atoms with Crippen LogP contribution in [0.2, 0.25) is 5.02 Å². The van der Waals surface area contributed by atoms with Crippen LogP contribution in [0, 0.1) is 5.41 Å². The third-order valence-electron chi connectivity index (χ3n) is 4.32. The minimum Gasteiger partial charge on any atom is -0.271 e. The summed E-state index contributed by atoms with van der Waals surface area (Å²) in [6, 6.07) is 2.26. The number of hydrogen-bond acceptors (Lipinski definition) is 3. The van der Waals surface area contributed by atoms with E-state index in [0.29, 0.717) is 0 Å². The Morgan fingerprint density at radius 2 is 2.17 bits per heavy atom. The van der Waals surface area contributed by atoms with E-state index in [1.54, 1.807) is 12.4 Å². The zero-order chi connectivity index (χ0) is 13.0. The summed E-state index contributed by atoms with van der Waals surface area (Å²) >= 11 is 6.18. The lowest BCUT2D eigenvalue weighted by molar-refractivity contribution is 0.144. The van der Waals surface area contributed by atoms with E-state index in [-0.39, 0.29) is 11.5 Å². The minimum atomic E-state index is 0.276. The highest BCUT2D eigenvalue weighted by Crippen LogP contribution is 2.40. The Morgan fingerprint density at radius 1 is 1.44 bits per heavy atom. The smallest absolute Gasteiger partial charge is 0.0621 e. The molecule has 1 aromatic rings. The van der Waals surface area contributed by atoms with Gasteiger partial charge in [-0.15, -0.1) is 0 Å². The molecule has 3 N–H and O–H groups in total. The Labute approximate surface area is 114 Å². The number of hydrogen-bond donors (Lipinski definition) is 2. The van der Waals surface area contributed by atoms with E-state index in [1.165, 1.54) is 32.1 Å². The second-order valence-electron chi connectivity index (χ2n) is 5.61. The van der Waals surface area contributed by atoms with Gasteiger partial charge in [0.05, 0.1) is 5.02 Å². The molecule has 0 amide bonds. The molecule has 0 aromatic carbocycles. The number of pyridine rings is 1. The first-order valence-corrected chi connectivity index (χ1v) is 7.08. The van der Waals surface area contributed by atoms with E-state index in [0.717, 1.165) is 17.0 Å². The van der Waals surface area contributed by atoms with Gasteiger partial charge in [0.2, 0.25) is 0 Å². The second-order valence-corrected chi connectivity index (χ2v) is 6.01. The molecule has 0 aliphatic heterocycles. The Morgan fingerprint density at radius 3 is 2.78 bits per heavy atom. The molecule has 1 aromatic heterocycles. The molecule has 1 aliphatic carbocycles. The summed E-state index contributed by atoms with van der Waals surface area (Å²) in [6.07, 6.45) is 10.8. The summed E-state index contributed by atoms with van der Waals surface area (Å²) in [5, 5.41) is 0.733. The monoisotopic (exact) mass is 267 g/mol. The maximum atomic E-state index is 6.18. The van der Waals surface area contributed by atoms with Crippen LogP contribution in [0.4, 0.5) is 0 Å². The maximum absolute atomic E-state index is 6.18. The largest absolute Gasteiger partial charge is 0.271 e. The van der Waals surface area contributed by atoms with Crippen molar-refractivity contribution in [1.82, 2.24) is 10.4 Å². The minimum absolute atomic E-state index is 0.276. The highest BCUT2D eigenvalue weighted by molar-refractivity contribution is 6.31. The third-order valence-corrected chi connectivity index (χ3v) is 4.66. The van der Waals surface area contributed by atoms with Crippen molar-refractivity contribution in [2.75, 3.05) is 0 Å². The Bertz CT molecular complexity index is 388. The van der Waals surface area contributed by atoms with Crippen molar-refractivity contribution in [2.24, 2.45) is 11.3 Å². The van der Waals surface area contributed by atoms with Crippen LogP contribution >= 0.6 is 11.6 Å². The van der Waals surface area contributed by atoms with E-state index in [4.69, 9.17) is 17.4 Å². The van der Waals surface area contributed by atoms with Crippen molar-refractivity contribution in [3.05, 3.63) is 29.0 Å². The summed E-state index contributed by atoms with van der Waals surface area (Å²) in [6.45, 7) is 2.34. The van der Waals surface area contributed by atoms with Gasteiger partial charge in [-0.2, -0.15) is 0 Å². The molecule has 1 unspecified atom stereocenters. The molecule has 0 saturated heterocycles. The molecule has 2 rings (SSSR count). The predicted molar refractivity (Wildman–Crippen MR) is 75.3 cm³/mol. The van der Waals surface area contributed by atoms with E-state index in [2.05, 4.69) is 17.3 Å². The summed E-state index contributed by atoms with van der Waals surface area (Å²) in [5.41, 5.74) is 4.41. The van der Waals surface area contributed by atoms with Crippen molar-refractivity contribution >= 4 is 11.6 Å². The molecule has 1 fully saturated rings. The van der Waals surface area contributed by atoms with Gasteiger partial charge in [0.25, 0.3) is 0 Å². The maximum Gasteiger partial charge on any atom is 0.0621 e. The molecular formula is C14H22ClN3. The molecule has 1 aliphatic rings. The molecular weight excluding hydrogens is 246 g/mol. The first kappa shape index (κ1) is 13.8. The van der Waals surface area contributed by atoms with Gasteiger partial charge in [0.1, 0.15) is 0 Å². The first-order chi connectivity index (χ1) is 8.65. The molecule has 0 radical (unpaired) electrons. The van der Waals surface area contributed by atoms with Gasteiger partial charge in [-0.25, -0.2) is 0 Å². The second kappa shape index (κ2) is 6.00. The van der Waals surface area contributed by atoms with Gasteiger partial charge in [-0.1, -0.05) is 37.8 Å². The van der Waals surface area contributed by atoms with Gasteiger partial charge in [0, 0.05) is 18.4 Å². The van der Waals surface area contributed by atoms with E-state index < -0.39 is 0 Å². The van der Waals surface area contributed by atoms with Crippen LogP contribution in [0.15, 0.2) is 18.5 Å². The van der Waals surface area contributed by atoms with Gasteiger partial charge in [0.15, 0.2) is 0 Å². The number of nitrogens with zero attached hydrogens (tertiary/aromatic N) is 1. The van der Waals surface area contributed by atoms with Gasteiger partial charge < -0.3 is 0 Å². The van der Waals surface area contributed by atoms with Crippen LogP contribution in [0.5, 0.6) is 0 Å². The van der Waals surface area contributed by atoms with Gasteiger partial charge in [-0.05, 0) is 36.3 Å². The highest BCUT2D eigenvalue weighted by Gasteiger charge is 2.35. The van der Waals surface area contributed by atoms with Crippen LogP contribution < -0.4 is 11.3 Å². The Balaban J connectivity index is 2.11. The van der Waals surface area contributed by atoms with Crippen LogP contribution in [-0.2, 0) is 6.42 Å². The van der Waals surface area contributed by atoms with Crippen molar-refractivity contribution in [1.29, 1.82) is 0 Å². The molecule has 0 bridgehead atoms. The molecule has 3 nitrogen and oxygen atoms in total. The molecule has 1 saturated carbocycles. The van der Waals surface area contributed by atoms with Gasteiger partial charge in [-0.3, -0.25) is 16.3 Å². The van der Waals surface area contributed by atoms with Crippen molar-refractivity contribution in [2.45, 2.75) is 51.5 Å². The summed E-state index contributed by atoms with van der Waals surface area (Å²) < 4.78 is 0. The number of nitrogens with one attached hydrogen (secondary N) is 1. The average Bonchev–Trinajstić information content (AvgIpc) is 2.38. The van der Waals surface area contributed by atoms with Crippen LogP contribution in [0.1, 0.15) is 44.6 Å². The quantitative estimate of drug-likeness (QED) is 0.651. The molecule has 1 atom stereocenters. The molecule has 18 heavy (non-hydrogen) atoms. The SMILES string of the molecule is CC1(C(Cc2ccncc2Cl)NN)CCCCC1. The summed E-state index contributed by atoms with van der Waals surface area (Å²) in [4.78, 5) is 4.02. The van der Waals surface area contributed by atoms with Gasteiger partial charge >= 0.3 is 0 Å². The zero-order valence-electron chi connectivity index (χ0n) is 11.0. The van der Waals surface area contributed by atoms with Crippen LogP contribution in [0.3, 0.4) is 0 Å². The average molecular weight is 268 g/mol. The molecule has 4 heteroatoms. The normalized spacial score (nSPS) is 20.6. The van der Waals surface area contributed by atoms with Crippen molar-refractivity contribution < 1.29 is 0 Å².